The van der Waals surface area contributed by atoms with Gasteiger partial charge in [0, 0.05) is 5.75 Å². The molecule has 1 radical (unpaired) electrons. The molecule has 2 amide bonds. The van der Waals surface area contributed by atoms with Crippen LogP contribution in [-0.2, 0) is 9.59 Å². The molecule has 0 saturated heterocycles. The summed E-state index contributed by atoms with van der Waals surface area (Å²) >= 11 is 3.73. The molecule has 0 saturated carbocycles. The molecule has 3 N–H and O–H groups in total. The third kappa shape index (κ3) is 3.10. The quantitative estimate of drug-likeness (QED) is 0.333. The summed E-state index contributed by atoms with van der Waals surface area (Å²) in [5.74, 6) is -0.340. The Labute approximate surface area is 58.2 Å². The van der Waals surface area contributed by atoms with Gasteiger partial charge in [-0.2, -0.15) is 12.6 Å². The predicted octanol–water partition coefficient (Wildman–Crippen LogP) is -1.57. The molecular formula is C4H7N2O2S. The van der Waals surface area contributed by atoms with Gasteiger partial charge < -0.3 is 5.73 Å². The highest BCUT2D eigenvalue weighted by Gasteiger charge is 2.09. The first-order valence-corrected chi connectivity index (χ1v) is 2.89. The van der Waals surface area contributed by atoms with Crippen molar-refractivity contribution in [1.82, 2.24) is 5.32 Å². The number of nitrogens with two attached hydrogens (primary N) is 1. The average Bonchev–Trinajstić information content (AvgIpc) is 1.87. The smallest absolute Gasteiger partial charge is 0.316 e. The van der Waals surface area contributed by atoms with Gasteiger partial charge in [-0.15, -0.1) is 0 Å². The molecule has 51 valence electrons. The third-order valence-corrected chi connectivity index (χ3v) is 1.10. The molecule has 0 aromatic carbocycles. The van der Waals surface area contributed by atoms with Gasteiger partial charge >= 0.3 is 6.41 Å². The first kappa shape index (κ1) is 8.45. The van der Waals surface area contributed by atoms with Crippen molar-refractivity contribution in [2.45, 2.75) is 6.04 Å². The number of hydrogen-bond donors (Lipinski definition) is 3. The van der Waals surface area contributed by atoms with E-state index in [1.165, 1.54) is 6.41 Å². The van der Waals surface area contributed by atoms with Gasteiger partial charge in [-0.25, -0.2) is 0 Å². The van der Waals surface area contributed by atoms with Gasteiger partial charge in [-0.3, -0.25) is 14.9 Å². The number of carbonyl (C=O) groups is 1. The number of thiol groups is 1. The second-order valence-electron chi connectivity index (χ2n) is 1.38. The SMILES string of the molecule is N[C@@H](CS)C(=O)N[C]=O. The molecule has 0 rings (SSSR count). The Morgan fingerprint density at radius 3 is 2.78 bits per heavy atom. The molecule has 0 unspecified atom stereocenters. The maximum absolute atomic E-state index is 10.4. The van der Waals surface area contributed by atoms with E-state index in [4.69, 9.17) is 5.73 Å². The van der Waals surface area contributed by atoms with E-state index < -0.39 is 11.9 Å². The maximum Gasteiger partial charge on any atom is 0.316 e. The molecule has 1 atom stereocenters. The van der Waals surface area contributed by atoms with Gasteiger partial charge in [-0.1, -0.05) is 0 Å². The minimum absolute atomic E-state index is 0.216. The number of hydrogen-bond acceptors (Lipinski definition) is 4. The molecule has 0 aliphatic heterocycles. The molecule has 0 aromatic rings. The molecule has 0 aliphatic carbocycles. The Bertz CT molecular complexity index is 117. The van der Waals surface area contributed by atoms with Crippen molar-refractivity contribution in [3.05, 3.63) is 0 Å². The van der Waals surface area contributed by atoms with Gasteiger partial charge in [0.1, 0.15) is 0 Å². The summed E-state index contributed by atoms with van der Waals surface area (Å²) in [7, 11) is 0. The molecule has 0 aliphatic rings. The summed E-state index contributed by atoms with van der Waals surface area (Å²) in [6.07, 6.45) is 1.22. The summed E-state index contributed by atoms with van der Waals surface area (Å²) in [4.78, 5) is 19.9. The lowest BCUT2D eigenvalue weighted by Crippen LogP contribution is -2.41. The third-order valence-electron chi connectivity index (χ3n) is 0.708. The van der Waals surface area contributed by atoms with Crippen LogP contribution in [0.1, 0.15) is 0 Å². The fraction of sp³-hybridized carbons (Fsp3) is 0.500. The zero-order valence-electron chi connectivity index (χ0n) is 4.63. The molecule has 0 bridgehead atoms. The minimum Gasteiger partial charge on any atom is -0.319 e. The van der Waals surface area contributed by atoms with Crippen LogP contribution in [0.3, 0.4) is 0 Å². The molecule has 5 heteroatoms. The summed E-state index contributed by atoms with van der Waals surface area (Å²) in [5.41, 5.74) is 5.14. The average molecular weight is 147 g/mol. The van der Waals surface area contributed by atoms with Gasteiger partial charge in [0.25, 0.3) is 0 Å². The Kier molecular flexibility index (Phi) is 4.08. The molecule has 0 spiro atoms. The van der Waals surface area contributed by atoms with Crippen LogP contribution in [-0.4, -0.2) is 24.1 Å². The zero-order valence-corrected chi connectivity index (χ0v) is 5.52. The van der Waals surface area contributed by atoms with Crippen LogP contribution in [0.4, 0.5) is 0 Å². The van der Waals surface area contributed by atoms with E-state index in [0.717, 1.165) is 0 Å². The Morgan fingerprint density at radius 2 is 2.44 bits per heavy atom. The number of nitrogens with one attached hydrogen (secondary N) is 1. The fourth-order valence-corrected chi connectivity index (χ4v) is 0.392. The van der Waals surface area contributed by atoms with Gasteiger partial charge in [-0.05, 0) is 0 Å². The first-order valence-electron chi connectivity index (χ1n) is 2.25. The van der Waals surface area contributed by atoms with Crippen LogP contribution >= 0.6 is 12.6 Å². The van der Waals surface area contributed by atoms with Crippen LogP contribution in [0.2, 0.25) is 0 Å². The van der Waals surface area contributed by atoms with Crippen molar-refractivity contribution in [3.8, 4) is 0 Å². The lowest BCUT2D eigenvalue weighted by molar-refractivity contribution is -0.120. The Morgan fingerprint density at radius 1 is 1.89 bits per heavy atom. The molecule has 4 nitrogen and oxygen atoms in total. The van der Waals surface area contributed by atoms with Crippen molar-refractivity contribution in [1.29, 1.82) is 0 Å². The van der Waals surface area contributed by atoms with Gasteiger partial charge in [0.15, 0.2) is 0 Å². The monoisotopic (exact) mass is 147 g/mol. The van der Waals surface area contributed by atoms with Crippen LogP contribution < -0.4 is 11.1 Å². The first-order chi connectivity index (χ1) is 4.22. The second kappa shape index (κ2) is 4.34. The topological polar surface area (TPSA) is 72.2 Å². The van der Waals surface area contributed by atoms with E-state index in [1.807, 2.05) is 0 Å². The number of carbonyl (C=O) groups excluding carboxylic acids is 2. The van der Waals surface area contributed by atoms with Crippen molar-refractivity contribution in [2.75, 3.05) is 5.75 Å². The largest absolute Gasteiger partial charge is 0.319 e. The summed E-state index contributed by atoms with van der Waals surface area (Å²) < 4.78 is 0. The van der Waals surface area contributed by atoms with Crippen molar-refractivity contribution in [3.63, 3.8) is 0 Å². The Balaban J connectivity index is 3.58. The van der Waals surface area contributed by atoms with Crippen LogP contribution in [0, 0.1) is 0 Å². The molecule has 0 fully saturated rings. The summed E-state index contributed by atoms with van der Waals surface area (Å²) in [6, 6.07) is -0.727. The lowest BCUT2D eigenvalue weighted by Gasteiger charge is -2.02. The predicted molar refractivity (Wildman–Crippen MR) is 35.7 cm³/mol. The van der Waals surface area contributed by atoms with Crippen LogP contribution in [0.5, 0.6) is 0 Å². The van der Waals surface area contributed by atoms with E-state index in [9.17, 15) is 9.59 Å². The van der Waals surface area contributed by atoms with E-state index in [2.05, 4.69) is 12.6 Å². The van der Waals surface area contributed by atoms with Crippen LogP contribution in [0.25, 0.3) is 0 Å². The number of imide groups is 1. The number of amides is 2. The molecular weight excluding hydrogens is 140 g/mol. The maximum atomic E-state index is 10.4. The minimum atomic E-state index is -0.727. The molecule has 9 heavy (non-hydrogen) atoms. The fourth-order valence-electron chi connectivity index (χ4n) is 0.226. The van der Waals surface area contributed by atoms with E-state index >= 15 is 0 Å². The van der Waals surface area contributed by atoms with Crippen LogP contribution in [0.15, 0.2) is 0 Å². The lowest BCUT2D eigenvalue weighted by atomic mass is 10.3. The van der Waals surface area contributed by atoms with E-state index in [0.29, 0.717) is 0 Å². The Hall–Kier alpha value is -0.550. The summed E-state index contributed by atoms with van der Waals surface area (Å²) in [5, 5.41) is 1.78. The van der Waals surface area contributed by atoms with Crippen molar-refractivity contribution in [2.24, 2.45) is 5.73 Å². The van der Waals surface area contributed by atoms with Crippen molar-refractivity contribution < 1.29 is 9.59 Å². The standard InChI is InChI=1S/C4H7N2O2S/c5-3(1-9)4(8)6-2-7/h3,9H,1,5H2,(H,6,7,8)/t3-/m0/s1. The molecule has 0 aromatic heterocycles. The highest BCUT2D eigenvalue weighted by molar-refractivity contribution is 7.80. The van der Waals surface area contributed by atoms with E-state index in [-0.39, 0.29) is 5.75 Å². The second-order valence-corrected chi connectivity index (χ2v) is 1.75. The van der Waals surface area contributed by atoms with Gasteiger partial charge in [0.05, 0.1) is 6.04 Å². The van der Waals surface area contributed by atoms with E-state index in [1.54, 1.807) is 5.32 Å². The zero-order chi connectivity index (χ0) is 7.28. The van der Waals surface area contributed by atoms with Crippen molar-refractivity contribution >= 4 is 24.9 Å². The normalized spacial score (nSPS) is 12.2. The highest BCUT2D eigenvalue weighted by Crippen LogP contribution is 1.80. The number of rotatable bonds is 3. The van der Waals surface area contributed by atoms with Gasteiger partial charge in [0.2, 0.25) is 5.91 Å². The highest BCUT2D eigenvalue weighted by atomic mass is 32.1. The molecule has 0 heterocycles. The summed E-state index contributed by atoms with van der Waals surface area (Å²) in [6.45, 7) is 0.